The number of carbonyl (C=O) groups is 1. The van der Waals surface area contributed by atoms with E-state index in [4.69, 9.17) is 10.5 Å². The summed E-state index contributed by atoms with van der Waals surface area (Å²) < 4.78 is 82.9. The predicted molar refractivity (Wildman–Crippen MR) is 149 cm³/mol. The van der Waals surface area contributed by atoms with Gasteiger partial charge in [0.1, 0.15) is 0 Å². The maximum Gasteiger partial charge on any atom is 0.418 e. The third-order valence-corrected chi connectivity index (χ3v) is 7.62. The van der Waals surface area contributed by atoms with Crippen LogP contribution in [-0.2, 0) is 17.1 Å². The summed E-state index contributed by atoms with van der Waals surface area (Å²) in [5, 5.41) is 28.0. The molecule has 0 amide bonds. The lowest BCUT2D eigenvalue weighted by molar-refractivity contribution is -0.137. The molecule has 4 aromatic rings. The molecule has 12 heteroatoms. The van der Waals surface area contributed by atoms with E-state index >= 15 is 0 Å². The molecular formula is C31H30F6N4O2. The standard InChI is InChI=1S/C16H17F3N2O.C15H13F3N2O/c1-9-7-12-13(21(9)10(2)15(3,4)22)6-5-11(8-20)14(12)16(17,18)19;1-8-6-12-13(20(8)9(2)10(3)21)5-4-11(7-19)14(12)15(16,17)18/h5-7,10,22H,1-4H3;4-6,9H,1-3H3. The normalized spacial score (nSPS) is 13.7. The fourth-order valence-corrected chi connectivity index (χ4v) is 5.19. The maximum absolute atomic E-state index is 13.3. The molecule has 0 aliphatic carbocycles. The average molecular weight is 605 g/mol. The first-order valence-corrected chi connectivity index (χ1v) is 13.1. The second kappa shape index (κ2) is 11.4. The number of hydrogen-bond acceptors (Lipinski definition) is 4. The van der Waals surface area contributed by atoms with E-state index in [1.165, 1.54) is 37.3 Å². The summed E-state index contributed by atoms with van der Waals surface area (Å²) >= 11 is 0. The molecule has 2 unspecified atom stereocenters. The number of halogens is 6. The molecule has 2 aromatic heterocycles. The summed E-state index contributed by atoms with van der Waals surface area (Å²) in [4.78, 5) is 11.5. The van der Waals surface area contributed by atoms with E-state index in [9.17, 15) is 36.2 Å². The van der Waals surface area contributed by atoms with Crippen molar-refractivity contribution < 1.29 is 36.2 Å². The first-order valence-electron chi connectivity index (χ1n) is 13.1. The molecule has 2 aromatic carbocycles. The molecule has 0 radical (unpaired) electrons. The highest BCUT2D eigenvalue weighted by atomic mass is 19.4. The second-order valence-corrected chi connectivity index (χ2v) is 11.0. The van der Waals surface area contributed by atoms with Gasteiger partial charge in [0.25, 0.3) is 0 Å². The van der Waals surface area contributed by atoms with Crippen LogP contribution in [0.25, 0.3) is 21.8 Å². The highest BCUT2D eigenvalue weighted by Crippen LogP contribution is 2.41. The Morgan fingerprint density at radius 3 is 1.49 bits per heavy atom. The number of aliphatic hydroxyl groups is 1. The molecule has 0 saturated heterocycles. The third kappa shape index (κ3) is 6.25. The number of benzene rings is 2. The predicted octanol–water partition coefficient (Wildman–Crippen LogP) is 8.16. The zero-order valence-electron chi connectivity index (χ0n) is 24.5. The number of fused-ring (bicyclic) bond motifs is 2. The molecular weight excluding hydrogens is 574 g/mol. The van der Waals surface area contributed by atoms with Crippen LogP contribution in [0.5, 0.6) is 0 Å². The summed E-state index contributed by atoms with van der Waals surface area (Å²) in [6.07, 6.45) is -9.23. The van der Waals surface area contributed by atoms with E-state index in [1.54, 1.807) is 62.8 Å². The second-order valence-electron chi connectivity index (χ2n) is 11.0. The Bertz CT molecular complexity index is 1790. The van der Waals surface area contributed by atoms with Crippen molar-refractivity contribution in [2.45, 2.75) is 78.5 Å². The Balaban J connectivity index is 0.000000236. The molecule has 0 saturated carbocycles. The van der Waals surface area contributed by atoms with Crippen LogP contribution in [0.15, 0.2) is 36.4 Å². The number of alkyl halides is 6. The zero-order chi connectivity index (χ0) is 32.8. The van der Waals surface area contributed by atoms with Gasteiger partial charge < -0.3 is 14.2 Å². The number of aromatic nitrogens is 2. The van der Waals surface area contributed by atoms with Crippen LogP contribution in [0.2, 0.25) is 0 Å². The van der Waals surface area contributed by atoms with Crippen LogP contribution in [0.1, 0.15) is 80.3 Å². The third-order valence-electron chi connectivity index (χ3n) is 7.62. The van der Waals surface area contributed by atoms with Gasteiger partial charge in [-0.25, -0.2) is 0 Å². The van der Waals surface area contributed by atoms with Gasteiger partial charge in [-0.05, 0) is 84.9 Å². The SMILES string of the molecule is CC(=O)C(C)n1c(C)cc2c(C(F)(F)F)c(C#N)ccc21.Cc1cc2c(C(F)(F)F)c(C#N)ccc2n1C(C)C(C)(C)O. The number of hydrogen-bond donors (Lipinski definition) is 1. The van der Waals surface area contributed by atoms with Crippen LogP contribution in [0.4, 0.5) is 26.3 Å². The van der Waals surface area contributed by atoms with Crippen LogP contribution >= 0.6 is 0 Å². The van der Waals surface area contributed by atoms with E-state index in [2.05, 4.69) is 0 Å². The lowest BCUT2D eigenvalue weighted by Crippen LogP contribution is -2.31. The highest BCUT2D eigenvalue weighted by Gasteiger charge is 2.38. The number of nitrogens with zero attached hydrogens (tertiary/aromatic N) is 4. The van der Waals surface area contributed by atoms with Crippen LogP contribution < -0.4 is 0 Å². The van der Waals surface area contributed by atoms with Gasteiger partial charge in [0.15, 0.2) is 5.78 Å². The lowest BCUT2D eigenvalue weighted by Gasteiger charge is -2.29. The lowest BCUT2D eigenvalue weighted by atomic mass is 9.99. The molecule has 2 atom stereocenters. The van der Waals surface area contributed by atoms with Crippen molar-refractivity contribution in [1.82, 2.24) is 9.13 Å². The van der Waals surface area contributed by atoms with Gasteiger partial charge in [0.05, 0.1) is 52.1 Å². The van der Waals surface area contributed by atoms with Gasteiger partial charge in [-0.1, -0.05) is 0 Å². The van der Waals surface area contributed by atoms with Gasteiger partial charge in [-0.15, -0.1) is 0 Å². The van der Waals surface area contributed by atoms with E-state index < -0.39 is 52.3 Å². The fourth-order valence-electron chi connectivity index (χ4n) is 5.19. The smallest absolute Gasteiger partial charge is 0.388 e. The first-order chi connectivity index (χ1) is 19.7. The molecule has 0 fully saturated rings. The van der Waals surface area contributed by atoms with Crippen molar-refractivity contribution in [3.63, 3.8) is 0 Å². The minimum Gasteiger partial charge on any atom is -0.388 e. The summed E-state index contributed by atoms with van der Waals surface area (Å²) in [6, 6.07) is 10.3. The number of aryl methyl sites for hydroxylation is 2. The first kappa shape index (κ1) is 33.2. The van der Waals surface area contributed by atoms with Crippen LogP contribution in [0, 0.1) is 36.5 Å². The number of rotatable bonds is 4. The number of nitriles is 2. The van der Waals surface area contributed by atoms with Gasteiger partial charge >= 0.3 is 12.4 Å². The van der Waals surface area contributed by atoms with Crippen molar-refractivity contribution in [1.29, 1.82) is 10.5 Å². The van der Waals surface area contributed by atoms with Gasteiger partial charge in [0.2, 0.25) is 0 Å². The minimum absolute atomic E-state index is 0.0137. The molecule has 2 heterocycles. The van der Waals surface area contributed by atoms with Gasteiger partial charge in [-0.3, -0.25) is 4.79 Å². The number of Topliss-reactive ketones (excluding diaryl/α,β-unsaturated/α-hetero) is 1. The summed E-state index contributed by atoms with van der Waals surface area (Å²) in [7, 11) is 0. The average Bonchev–Trinajstić information content (AvgIpc) is 3.39. The molecule has 0 aliphatic heterocycles. The summed E-state index contributed by atoms with van der Waals surface area (Å²) in [5.74, 6) is -0.145. The number of carbonyl (C=O) groups excluding carboxylic acids is 1. The maximum atomic E-state index is 13.3. The van der Waals surface area contributed by atoms with E-state index in [0.29, 0.717) is 22.4 Å². The summed E-state index contributed by atoms with van der Waals surface area (Å²) in [5.41, 5.74) is -1.95. The van der Waals surface area contributed by atoms with Crippen LogP contribution in [0.3, 0.4) is 0 Å². The topological polar surface area (TPSA) is 94.7 Å². The van der Waals surface area contributed by atoms with Crippen molar-refractivity contribution in [2.75, 3.05) is 0 Å². The zero-order valence-corrected chi connectivity index (χ0v) is 24.5. The Morgan fingerprint density at radius 2 is 1.16 bits per heavy atom. The van der Waals surface area contributed by atoms with Crippen molar-refractivity contribution in [2.24, 2.45) is 0 Å². The monoisotopic (exact) mass is 604 g/mol. The molecule has 0 bridgehead atoms. The molecule has 43 heavy (non-hydrogen) atoms. The summed E-state index contributed by atoms with van der Waals surface area (Å²) in [6.45, 7) is 11.3. The van der Waals surface area contributed by atoms with E-state index in [0.717, 1.165) is 6.07 Å². The molecule has 0 aliphatic rings. The molecule has 1 N–H and O–H groups in total. The molecule has 228 valence electrons. The van der Waals surface area contributed by atoms with Gasteiger partial charge in [0, 0.05) is 33.2 Å². The van der Waals surface area contributed by atoms with Crippen molar-refractivity contribution in [3.8, 4) is 12.1 Å². The Kier molecular flexibility index (Phi) is 8.82. The highest BCUT2D eigenvalue weighted by molar-refractivity contribution is 5.90. The molecule has 6 nitrogen and oxygen atoms in total. The van der Waals surface area contributed by atoms with E-state index in [-0.39, 0.29) is 16.6 Å². The molecule has 0 spiro atoms. The Hall–Kier alpha value is -4.29. The van der Waals surface area contributed by atoms with Gasteiger partial charge in [-0.2, -0.15) is 36.9 Å². The van der Waals surface area contributed by atoms with Crippen molar-refractivity contribution in [3.05, 3.63) is 70.0 Å². The van der Waals surface area contributed by atoms with Crippen LogP contribution in [-0.4, -0.2) is 25.6 Å². The largest absolute Gasteiger partial charge is 0.418 e. The number of ketones is 1. The van der Waals surface area contributed by atoms with Crippen molar-refractivity contribution >= 4 is 27.6 Å². The molecule has 4 rings (SSSR count). The van der Waals surface area contributed by atoms with E-state index in [1.807, 2.05) is 0 Å². The fraction of sp³-hybridized carbons (Fsp3) is 0.387. The Labute approximate surface area is 244 Å². The minimum atomic E-state index is -4.62. The quantitative estimate of drug-likeness (QED) is 0.238. The Morgan fingerprint density at radius 1 is 0.791 bits per heavy atom.